The van der Waals surface area contributed by atoms with Crippen molar-refractivity contribution < 1.29 is 4.74 Å². The minimum atomic E-state index is 0.658. The zero-order valence-corrected chi connectivity index (χ0v) is 13.1. The Morgan fingerprint density at radius 3 is 1.87 bits per heavy atom. The summed E-state index contributed by atoms with van der Waals surface area (Å²) in [4.78, 5) is 2.35. The summed E-state index contributed by atoms with van der Waals surface area (Å²) in [5.41, 5.74) is 2.52. The quantitative estimate of drug-likeness (QED) is 0.623. The summed E-state index contributed by atoms with van der Waals surface area (Å²) in [7, 11) is 0. The molecular weight excluding hydrogens is 282 g/mol. The van der Waals surface area contributed by atoms with Crippen LogP contribution < -0.4 is 9.64 Å². The second-order valence-electron chi connectivity index (χ2n) is 5.40. The van der Waals surface area contributed by atoms with Crippen LogP contribution in [0.3, 0.4) is 0 Å². The average Bonchev–Trinajstić information content (AvgIpc) is 2.63. The maximum atomic E-state index is 5.85. The van der Waals surface area contributed by atoms with Crippen LogP contribution in [0.25, 0.3) is 0 Å². The largest absolute Gasteiger partial charge is 0.492 e. The highest BCUT2D eigenvalue weighted by Gasteiger charge is 2.07. The molecule has 116 valence electrons. The highest BCUT2D eigenvalue weighted by molar-refractivity contribution is 5.46. The van der Waals surface area contributed by atoms with Gasteiger partial charge in [0.05, 0.1) is 6.54 Å². The Bertz CT molecular complexity index is 683. The van der Waals surface area contributed by atoms with Gasteiger partial charge in [-0.2, -0.15) is 0 Å². The fraction of sp³-hybridized carbons (Fsp3) is 0.143. The molecule has 0 aliphatic heterocycles. The smallest absolute Gasteiger partial charge is 0.119 e. The first kappa shape index (κ1) is 15.2. The van der Waals surface area contributed by atoms with Crippen molar-refractivity contribution in [2.45, 2.75) is 6.54 Å². The molecule has 0 aromatic heterocycles. The summed E-state index contributed by atoms with van der Waals surface area (Å²) in [6, 6.07) is 31.0. The fourth-order valence-corrected chi connectivity index (χ4v) is 2.53. The van der Waals surface area contributed by atoms with E-state index in [1.165, 1.54) is 11.3 Å². The lowest BCUT2D eigenvalue weighted by atomic mass is 10.2. The van der Waals surface area contributed by atoms with Gasteiger partial charge in [0.15, 0.2) is 0 Å². The molecule has 0 unspecified atom stereocenters. The van der Waals surface area contributed by atoms with E-state index in [0.717, 1.165) is 18.8 Å². The van der Waals surface area contributed by atoms with Crippen molar-refractivity contribution >= 4 is 5.69 Å². The molecule has 0 atom stereocenters. The number of para-hydroxylation sites is 2. The SMILES string of the molecule is c1ccc(CN(CCOc2ccccc2)c2ccccc2)cc1. The van der Waals surface area contributed by atoms with Crippen molar-refractivity contribution in [3.05, 3.63) is 96.6 Å². The molecule has 0 heterocycles. The zero-order valence-electron chi connectivity index (χ0n) is 13.1. The number of ether oxygens (including phenoxy) is 1. The average molecular weight is 303 g/mol. The molecule has 3 aromatic carbocycles. The molecule has 3 rings (SSSR count). The third kappa shape index (κ3) is 4.62. The normalized spacial score (nSPS) is 10.3. The fourth-order valence-electron chi connectivity index (χ4n) is 2.53. The molecule has 0 amide bonds. The molecule has 0 spiro atoms. The number of hydrogen-bond donors (Lipinski definition) is 0. The van der Waals surface area contributed by atoms with Crippen LogP contribution in [0, 0.1) is 0 Å². The van der Waals surface area contributed by atoms with Crippen molar-refractivity contribution in [2.24, 2.45) is 0 Å². The molecule has 2 nitrogen and oxygen atoms in total. The van der Waals surface area contributed by atoms with E-state index in [2.05, 4.69) is 59.5 Å². The summed E-state index contributed by atoms with van der Waals surface area (Å²) in [6.45, 7) is 2.38. The van der Waals surface area contributed by atoms with Crippen LogP contribution >= 0.6 is 0 Å². The molecule has 3 aromatic rings. The molecule has 0 bridgehead atoms. The van der Waals surface area contributed by atoms with Gasteiger partial charge < -0.3 is 9.64 Å². The van der Waals surface area contributed by atoms with Gasteiger partial charge in [0.25, 0.3) is 0 Å². The highest BCUT2D eigenvalue weighted by Crippen LogP contribution is 2.17. The van der Waals surface area contributed by atoms with E-state index in [1.54, 1.807) is 0 Å². The summed E-state index contributed by atoms with van der Waals surface area (Å²) >= 11 is 0. The second-order valence-corrected chi connectivity index (χ2v) is 5.40. The maximum absolute atomic E-state index is 5.85. The molecule has 2 heteroatoms. The van der Waals surface area contributed by atoms with Gasteiger partial charge in [0, 0.05) is 12.2 Å². The molecule has 0 aliphatic rings. The monoisotopic (exact) mass is 303 g/mol. The van der Waals surface area contributed by atoms with Crippen LogP contribution in [-0.2, 0) is 6.54 Å². The Balaban J connectivity index is 1.65. The van der Waals surface area contributed by atoms with Gasteiger partial charge in [-0.15, -0.1) is 0 Å². The van der Waals surface area contributed by atoms with E-state index in [4.69, 9.17) is 4.74 Å². The number of rotatable bonds is 7. The van der Waals surface area contributed by atoms with Gasteiger partial charge in [0.1, 0.15) is 12.4 Å². The van der Waals surface area contributed by atoms with Gasteiger partial charge in [-0.1, -0.05) is 66.7 Å². The Kier molecular flexibility index (Phi) is 5.30. The Morgan fingerprint density at radius 2 is 1.22 bits per heavy atom. The van der Waals surface area contributed by atoms with Crippen molar-refractivity contribution in [1.29, 1.82) is 0 Å². The number of hydrogen-bond acceptors (Lipinski definition) is 2. The lowest BCUT2D eigenvalue weighted by Crippen LogP contribution is -2.27. The topological polar surface area (TPSA) is 12.5 Å². The van der Waals surface area contributed by atoms with E-state index in [1.807, 2.05) is 36.4 Å². The lowest BCUT2D eigenvalue weighted by Gasteiger charge is -2.25. The summed E-state index contributed by atoms with van der Waals surface area (Å²) in [5.74, 6) is 0.917. The van der Waals surface area contributed by atoms with Gasteiger partial charge in [-0.3, -0.25) is 0 Å². The van der Waals surface area contributed by atoms with Crippen LogP contribution in [-0.4, -0.2) is 13.2 Å². The highest BCUT2D eigenvalue weighted by atomic mass is 16.5. The van der Waals surface area contributed by atoms with E-state index in [0.29, 0.717) is 6.61 Å². The predicted octanol–water partition coefficient (Wildman–Crippen LogP) is 4.77. The first-order chi connectivity index (χ1) is 11.4. The van der Waals surface area contributed by atoms with Crippen molar-refractivity contribution in [3.8, 4) is 5.75 Å². The van der Waals surface area contributed by atoms with Gasteiger partial charge in [0.2, 0.25) is 0 Å². The molecule has 0 saturated heterocycles. The molecule has 23 heavy (non-hydrogen) atoms. The zero-order chi connectivity index (χ0) is 15.7. The van der Waals surface area contributed by atoms with E-state index < -0.39 is 0 Å². The first-order valence-electron chi connectivity index (χ1n) is 7.93. The Morgan fingerprint density at radius 1 is 0.652 bits per heavy atom. The second kappa shape index (κ2) is 8.04. The summed E-state index contributed by atoms with van der Waals surface area (Å²) < 4.78 is 5.85. The molecule has 0 aliphatic carbocycles. The third-order valence-corrected chi connectivity index (χ3v) is 3.71. The van der Waals surface area contributed by atoms with E-state index in [9.17, 15) is 0 Å². The molecular formula is C21H21NO. The Labute approximate surface area is 138 Å². The van der Waals surface area contributed by atoms with Gasteiger partial charge >= 0.3 is 0 Å². The molecule has 0 saturated carbocycles. The van der Waals surface area contributed by atoms with E-state index in [-0.39, 0.29) is 0 Å². The van der Waals surface area contributed by atoms with E-state index >= 15 is 0 Å². The third-order valence-electron chi connectivity index (χ3n) is 3.71. The van der Waals surface area contributed by atoms with Gasteiger partial charge in [-0.25, -0.2) is 0 Å². The van der Waals surface area contributed by atoms with Crippen molar-refractivity contribution in [2.75, 3.05) is 18.1 Å². The Hall–Kier alpha value is -2.74. The minimum absolute atomic E-state index is 0.658. The standard InChI is InChI=1S/C21H21NO/c1-4-10-19(11-5-1)18-22(20-12-6-2-7-13-20)16-17-23-21-14-8-3-9-15-21/h1-15H,16-18H2. The number of anilines is 1. The van der Waals surface area contributed by atoms with Crippen LogP contribution in [0.5, 0.6) is 5.75 Å². The van der Waals surface area contributed by atoms with Crippen LogP contribution in [0.1, 0.15) is 5.56 Å². The number of nitrogens with zero attached hydrogens (tertiary/aromatic N) is 1. The minimum Gasteiger partial charge on any atom is -0.492 e. The maximum Gasteiger partial charge on any atom is 0.119 e. The lowest BCUT2D eigenvalue weighted by molar-refractivity contribution is 0.323. The number of benzene rings is 3. The van der Waals surface area contributed by atoms with Crippen LogP contribution in [0.15, 0.2) is 91.0 Å². The summed E-state index contributed by atoms with van der Waals surface area (Å²) in [5, 5.41) is 0. The first-order valence-corrected chi connectivity index (χ1v) is 7.93. The molecule has 0 N–H and O–H groups in total. The van der Waals surface area contributed by atoms with Gasteiger partial charge in [-0.05, 0) is 29.8 Å². The van der Waals surface area contributed by atoms with Crippen LogP contribution in [0.2, 0.25) is 0 Å². The molecule has 0 radical (unpaired) electrons. The van der Waals surface area contributed by atoms with Crippen LogP contribution in [0.4, 0.5) is 5.69 Å². The predicted molar refractivity (Wildman–Crippen MR) is 95.9 cm³/mol. The molecule has 0 fully saturated rings. The van der Waals surface area contributed by atoms with Crippen molar-refractivity contribution in [3.63, 3.8) is 0 Å². The van der Waals surface area contributed by atoms with Crippen molar-refractivity contribution in [1.82, 2.24) is 0 Å². The summed E-state index contributed by atoms with van der Waals surface area (Å²) in [6.07, 6.45) is 0.